The van der Waals surface area contributed by atoms with Crippen LogP contribution in [-0.4, -0.2) is 28.4 Å². The lowest BCUT2D eigenvalue weighted by Gasteiger charge is -2.25. The number of aromatic carboxylic acids is 1. The Labute approximate surface area is 96.5 Å². The maximum atomic E-state index is 11.2. The smallest absolute Gasteiger partial charge is 0.338 e. The van der Waals surface area contributed by atoms with Crippen molar-refractivity contribution in [3.8, 4) is 0 Å². The number of carboxylic acids is 1. The van der Waals surface area contributed by atoms with Crippen molar-refractivity contribution >= 4 is 28.2 Å². The number of carboxylic acid groups (broad SMARTS) is 1. The fourth-order valence-electron chi connectivity index (χ4n) is 1.93. The molecule has 16 heavy (non-hydrogen) atoms. The minimum absolute atomic E-state index is 0.00879. The maximum Gasteiger partial charge on any atom is 0.338 e. The second-order valence-corrected chi connectivity index (χ2v) is 4.88. The summed E-state index contributed by atoms with van der Waals surface area (Å²) in [4.78, 5) is 24.8. The van der Waals surface area contributed by atoms with Crippen molar-refractivity contribution in [2.45, 2.75) is 19.9 Å². The van der Waals surface area contributed by atoms with E-state index >= 15 is 0 Å². The van der Waals surface area contributed by atoms with Crippen LogP contribution < -0.4 is 5.73 Å². The summed E-state index contributed by atoms with van der Waals surface area (Å²) < 4.78 is 0. The second-order valence-electron chi connectivity index (χ2n) is 3.74. The Morgan fingerprint density at radius 3 is 2.75 bits per heavy atom. The first kappa shape index (κ1) is 10.9. The molecule has 0 saturated carbocycles. The van der Waals surface area contributed by atoms with E-state index in [9.17, 15) is 9.59 Å². The summed E-state index contributed by atoms with van der Waals surface area (Å²) in [6.45, 7) is 2.56. The molecule has 0 bridgehead atoms. The van der Waals surface area contributed by atoms with Crippen molar-refractivity contribution in [1.29, 1.82) is 0 Å². The molecule has 0 fully saturated rings. The number of carbonyl (C=O) groups excluding carboxylic acids is 1. The van der Waals surface area contributed by atoms with Crippen molar-refractivity contribution in [1.82, 2.24) is 4.90 Å². The summed E-state index contributed by atoms with van der Waals surface area (Å²) in [6.07, 6.45) is 0.574. The van der Waals surface area contributed by atoms with Crippen LogP contribution in [-0.2, 0) is 17.8 Å². The van der Waals surface area contributed by atoms with Crippen LogP contribution >= 0.6 is 11.3 Å². The number of hydrogen-bond donors (Lipinski definition) is 2. The zero-order chi connectivity index (χ0) is 11.9. The van der Waals surface area contributed by atoms with Gasteiger partial charge < -0.3 is 15.7 Å². The van der Waals surface area contributed by atoms with E-state index in [1.165, 1.54) is 18.3 Å². The number of carbonyl (C=O) groups is 2. The number of thiophene rings is 1. The monoisotopic (exact) mass is 240 g/mol. The number of anilines is 1. The summed E-state index contributed by atoms with van der Waals surface area (Å²) in [6, 6.07) is 0. The normalized spacial score (nSPS) is 14.7. The number of nitrogens with two attached hydrogens (primary N) is 1. The molecule has 1 aliphatic heterocycles. The van der Waals surface area contributed by atoms with Gasteiger partial charge in [-0.15, -0.1) is 11.3 Å². The summed E-state index contributed by atoms with van der Waals surface area (Å²) >= 11 is 1.27. The molecule has 86 valence electrons. The molecule has 0 aromatic carbocycles. The minimum atomic E-state index is -0.980. The van der Waals surface area contributed by atoms with Crippen molar-refractivity contribution in [3.05, 3.63) is 16.0 Å². The summed E-state index contributed by atoms with van der Waals surface area (Å²) in [5.41, 5.74) is 6.70. The van der Waals surface area contributed by atoms with Gasteiger partial charge in [0.05, 0.1) is 12.1 Å². The Morgan fingerprint density at radius 1 is 1.50 bits per heavy atom. The Bertz CT molecular complexity index is 467. The van der Waals surface area contributed by atoms with E-state index in [1.807, 2.05) is 0 Å². The molecule has 1 amide bonds. The molecule has 1 aromatic rings. The predicted octanol–water partition coefficient (Wildman–Crippen LogP) is 0.933. The van der Waals surface area contributed by atoms with Crippen LogP contribution in [0, 0.1) is 0 Å². The second kappa shape index (κ2) is 3.79. The van der Waals surface area contributed by atoms with Crippen molar-refractivity contribution < 1.29 is 14.7 Å². The molecule has 0 saturated heterocycles. The van der Waals surface area contributed by atoms with Gasteiger partial charge in [-0.2, -0.15) is 0 Å². The van der Waals surface area contributed by atoms with E-state index in [0.29, 0.717) is 24.5 Å². The average Bonchev–Trinajstić information content (AvgIpc) is 2.51. The highest BCUT2D eigenvalue weighted by atomic mass is 32.1. The Morgan fingerprint density at radius 2 is 2.19 bits per heavy atom. The van der Waals surface area contributed by atoms with Gasteiger partial charge in [-0.05, 0) is 12.0 Å². The standard InChI is InChI=1S/C10H12N2O3S/c1-5(13)12-3-2-6-7(4-12)16-9(11)8(6)10(14)15/h2-4,11H2,1H3,(H,14,15). The largest absolute Gasteiger partial charge is 0.478 e. The molecule has 5 nitrogen and oxygen atoms in total. The summed E-state index contributed by atoms with van der Waals surface area (Å²) in [5, 5.41) is 9.37. The summed E-state index contributed by atoms with van der Waals surface area (Å²) in [7, 11) is 0. The highest BCUT2D eigenvalue weighted by molar-refractivity contribution is 7.16. The van der Waals surface area contributed by atoms with Crippen LogP contribution in [0.5, 0.6) is 0 Å². The number of fused-ring (bicyclic) bond motifs is 1. The van der Waals surface area contributed by atoms with Crippen molar-refractivity contribution in [2.24, 2.45) is 0 Å². The predicted molar refractivity (Wildman–Crippen MR) is 60.5 cm³/mol. The number of hydrogen-bond acceptors (Lipinski definition) is 4. The Hall–Kier alpha value is -1.56. The zero-order valence-electron chi connectivity index (χ0n) is 8.82. The first-order chi connectivity index (χ1) is 7.50. The lowest BCUT2D eigenvalue weighted by molar-refractivity contribution is -0.129. The van der Waals surface area contributed by atoms with Crippen LogP contribution in [0.25, 0.3) is 0 Å². The van der Waals surface area contributed by atoms with Crippen LogP contribution in [0.4, 0.5) is 5.00 Å². The van der Waals surface area contributed by atoms with Crippen molar-refractivity contribution in [2.75, 3.05) is 12.3 Å². The molecule has 1 aromatic heterocycles. The first-order valence-corrected chi connectivity index (χ1v) is 5.71. The molecule has 1 aliphatic rings. The Balaban J connectivity index is 2.39. The van der Waals surface area contributed by atoms with Gasteiger partial charge in [0.2, 0.25) is 5.91 Å². The molecule has 2 rings (SSSR count). The molecule has 0 aliphatic carbocycles. The lowest BCUT2D eigenvalue weighted by atomic mass is 10.0. The third-order valence-corrected chi connectivity index (χ3v) is 3.79. The van der Waals surface area contributed by atoms with Gasteiger partial charge >= 0.3 is 5.97 Å². The quantitative estimate of drug-likeness (QED) is 0.765. The fourth-order valence-corrected chi connectivity index (χ4v) is 3.05. The van der Waals surface area contributed by atoms with Gasteiger partial charge in [-0.25, -0.2) is 4.79 Å². The van der Waals surface area contributed by atoms with E-state index in [-0.39, 0.29) is 11.5 Å². The van der Waals surface area contributed by atoms with Gasteiger partial charge in [0.25, 0.3) is 0 Å². The number of nitrogen functional groups attached to an aromatic ring is 1. The lowest BCUT2D eigenvalue weighted by Crippen LogP contribution is -2.33. The number of amides is 1. The molecule has 0 atom stereocenters. The molecule has 3 N–H and O–H groups in total. The third kappa shape index (κ3) is 1.65. The van der Waals surface area contributed by atoms with Crippen molar-refractivity contribution in [3.63, 3.8) is 0 Å². The Kier molecular flexibility index (Phi) is 2.59. The van der Waals surface area contributed by atoms with E-state index in [4.69, 9.17) is 10.8 Å². The fraction of sp³-hybridized carbons (Fsp3) is 0.400. The van der Waals surface area contributed by atoms with Gasteiger partial charge in [-0.3, -0.25) is 4.79 Å². The van der Waals surface area contributed by atoms with E-state index in [0.717, 1.165) is 10.4 Å². The molecular formula is C10H12N2O3S. The van der Waals surface area contributed by atoms with Gasteiger partial charge in [0, 0.05) is 18.3 Å². The first-order valence-electron chi connectivity index (χ1n) is 4.89. The van der Waals surface area contributed by atoms with Crippen LogP contribution in [0.3, 0.4) is 0 Å². The minimum Gasteiger partial charge on any atom is -0.478 e. The molecule has 0 radical (unpaired) electrons. The van der Waals surface area contributed by atoms with Crippen LogP contribution in [0.15, 0.2) is 0 Å². The van der Waals surface area contributed by atoms with Crippen LogP contribution in [0.2, 0.25) is 0 Å². The molecular weight excluding hydrogens is 228 g/mol. The molecule has 6 heteroatoms. The number of rotatable bonds is 1. The van der Waals surface area contributed by atoms with E-state index in [2.05, 4.69) is 0 Å². The van der Waals surface area contributed by atoms with Crippen LogP contribution in [0.1, 0.15) is 27.7 Å². The van der Waals surface area contributed by atoms with Gasteiger partial charge in [0.15, 0.2) is 0 Å². The van der Waals surface area contributed by atoms with Gasteiger partial charge in [-0.1, -0.05) is 0 Å². The molecule has 2 heterocycles. The number of nitrogens with zero attached hydrogens (tertiary/aromatic N) is 1. The SMILES string of the molecule is CC(=O)N1CCc2c(sc(N)c2C(=O)O)C1. The van der Waals surface area contributed by atoms with E-state index in [1.54, 1.807) is 4.90 Å². The molecule has 0 spiro atoms. The third-order valence-electron chi connectivity index (χ3n) is 2.74. The maximum absolute atomic E-state index is 11.2. The highest BCUT2D eigenvalue weighted by Crippen LogP contribution is 2.34. The zero-order valence-corrected chi connectivity index (χ0v) is 9.63. The topological polar surface area (TPSA) is 83.6 Å². The van der Waals surface area contributed by atoms with E-state index < -0.39 is 5.97 Å². The molecule has 0 unspecified atom stereocenters. The average molecular weight is 240 g/mol. The summed E-state index contributed by atoms with van der Waals surface area (Å²) in [5.74, 6) is -0.972. The highest BCUT2D eigenvalue weighted by Gasteiger charge is 2.27. The van der Waals surface area contributed by atoms with Gasteiger partial charge in [0.1, 0.15) is 5.00 Å².